The Bertz CT molecular complexity index is 527. The van der Waals surface area contributed by atoms with Gasteiger partial charge in [0.25, 0.3) is 5.91 Å². The fraction of sp³-hybridized carbons (Fsp3) is 0.733. The van der Waals surface area contributed by atoms with Crippen LogP contribution in [0.25, 0.3) is 0 Å². The molecule has 0 aromatic carbocycles. The average Bonchev–Trinajstić information content (AvgIpc) is 2.82. The standard InChI is InChI=1S/C15H25N3O2S/c1-9-12(21-13(17-9)10(2)20-5)14(19)18-7-6-11(16)15(3,4)8-18/h10-11H,6-8,16H2,1-5H3. The maximum Gasteiger partial charge on any atom is 0.265 e. The van der Waals surface area contributed by atoms with Gasteiger partial charge in [-0.25, -0.2) is 4.98 Å². The quantitative estimate of drug-likeness (QED) is 0.930. The van der Waals surface area contributed by atoms with E-state index in [2.05, 4.69) is 18.8 Å². The monoisotopic (exact) mass is 311 g/mol. The highest BCUT2D eigenvalue weighted by molar-refractivity contribution is 7.13. The number of methoxy groups -OCH3 is 1. The smallest absolute Gasteiger partial charge is 0.265 e. The van der Waals surface area contributed by atoms with Crippen molar-refractivity contribution in [3.63, 3.8) is 0 Å². The number of carbonyl (C=O) groups excluding carboxylic acids is 1. The molecule has 2 N–H and O–H groups in total. The van der Waals surface area contributed by atoms with E-state index in [9.17, 15) is 4.79 Å². The summed E-state index contributed by atoms with van der Waals surface area (Å²) in [5.74, 6) is 0.0690. The number of ether oxygens (including phenoxy) is 1. The Hall–Kier alpha value is -0.980. The zero-order valence-electron chi connectivity index (χ0n) is 13.5. The predicted octanol–water partition coefficient (Wildman–Crippen LogP) is 2.36. The molecule has 1 aromatic rings. The Labute approximate surface area is 130 Å². The molecule has 6 heteroatoms. The lowest BCUT2D eigenvalue weighted by Crippen LogP contribution is -2.53. The second-order valence-electron chi connectivity index (χ2n) is 6.46. The first kappa shape index (κ1) is 16.4. The van der Waals surface area contributed by atoms with E-state index in [1.54, 1.807) is 7.11 Å². The van der Waals surface area contributed by atoms with Crippen molar-refractivity contribution in [1.29, 1.82) is 0 Å². The zero-order valence-corrected chi connectivity index (χ0v) is 14.3. The summed E-state index contributed by atoms with van der Waals surface area (Å²) >= 11 is 1.44. The fourth-order valence-electron chi connectivity index (χ4n) is 2.58. The number of amides is 1. The third-order valence-corrected chi connectivity index (χ3v) is 5.61. The van der Waals surface area contributed by atoms with Crippen LogP contribution in [0.3, 0.4) is 0 Å². The molecule has 2 rings (SSSR count). The highest BCUT2D eigenvalue weighted by Crippen LogP contribution is 2.31. The van der Waals surface area contributed by atoms with Gasteiger partial charge in [-0.15, -0.1) is 11.3 Å². The molecule has 2 atom stereocenters. The second kappa shape index (κ2) is 6.02. The van der Waals surface area contributed by atoms with Crippen molar-refractivity contribution >= 4 is 17.2 Å². The van der Waals surface area contributed by atoms with E-state index >= 15 is 0 Å². The lowest BCUT2D eigenvalue weighted by molar-refractivity contribution is 0.0536. The van der Waals surface area contributed by atoms with Crippen molar-refractivity contribution in [2.45, 2.75) is 46.3 Å². The Morgan fingerprint density at radius 2 is 2.24 bits per heavy atom. The summed E-state index contributed by atoms with van der Waals surface area (Å²) in [4.78, 5) is 19.9. The van der Waals surface area contributed by atoms with Crippen molar-refractivity contribution in [3.05, 3.63) is 15.6 Å². The second-order valence-corrected chi connectivity index (χ2v) is 7.49. The van der Waals surface area contributed by atoms with E-state index < -0.39 is 0 Å². The van der Waals surface area contributed by atoms with Crippen LogP contribution < -0.4 is 5.73 Å². The van der Waals surface area contributed by atoms with Crippen molar-refractivity contribution in [2.75, 3.05) is 20.2 Å². The van der Waals surface area contributed by atoms with Gasteiger partial charge in [0.05, 0.1) is 5.69 Å². The van der Waals surface area contributed by atoms with Crippen molar-refractivity contribution < 1.29 is 9.53 Å². The van der Waals surface area contributed by atoms with E-state index in [0.717, 1.165) is 28.5 Å². The molecule has 2 unspecified atom stereocenters. The van der Waals surface area contributed by atoms with Crippen LogP contribution in [-0.4, -0.2) is 42.0 Å². The summed E-state index contributed by atoms with van der Waals surface area (Å²) in [5, 5.41) is 0.853. The van der Waals surface area contributed by atoms with Crippen LogP contribution >= 0.6 is 11.3 Å². The van der Waals surface area contributed by atoms with Gasteiger partial charge in [0.15, 0.2) is 0 Å². The predicted molar refractivity (Wildman–Crippen MR) is 84.6 cm³/mol. The van der Waals surface area contributed by atoms with Crippen molar-refractivity contribution in [1.82, 2.24) is 9.88 Å². The average molecular weight is 311 g/mol. The zero-order chi connectivity index (χ0) is 15.8. The molecule has 0 aliphatic carbocycles. The maximum atomic E-state index is 12.8. The van der Waals surface area contributed by atoms with Gasteiger partial charge in [-0.2, -0.15) is 0 Å². The lowest BCUT2D eigenvalue weighted by atomic mass is 9.79. The molecule has 1 aliphatic heterocycles. The van der Waals surface area contributed by atoms with E-state index in [4.69, 9.17) is 10.5 Å². The molecule has 2 heterocycles. The number of hydrogen-bond donors (Lipinski definition) is 1. The van der Waals surface area contributed by atoms with Gasteiger partial charge >= 0.3 is 0 Å². The molecular weight excluding hydrogens is 286 g/mol. The Morgan fingerprint density at radius 1 is 1.57 bits per heavy atom. The minimum atomic E-state index is -0.0820. The van der Waals surface area contributed by atoms with Gasteiger partial charge in [-0.1, -0.05) is 13.8 Å². The third kappa shape index (κ3) is 3.27. The maximum absolute atomic E-state index is 12.8. The van der Waals surface area contributed by atoms with Gasteiger partial charge in [0, 0.05) is 26.2 Å². The van der Waals surface area contributed by atoms with Crippen LogP contribution in [0.4, 0.5) is 0 Å². The van der Waals surface area contributed by atoms with Crippen LogP contribution in [0.15, 0.2) is 0 Å². The van der Waals surface area contributed by atoms with Gasteiger partial charge in [-0.05, 0) is 25.7 Å². The summed E-state index contributed by atoms with van der Waals surface area (Å²) in [5.41, 5.74) is 6.88. The summed E-state index contributed by atoms with van der Waals surface area (Å²) in [6.45, 7) is 9.48. The Morgan fingerprint density at radius 3 is 2.81 bits per heavy atom. The number of piperidine rings is 1. The number of aromatic nitrogens is 1. The number of rotatable bonds is 3. The van der Waals surface area contributed by atoms with Gasteiger partial charge in [-0.3, -0.25) is 4.79 Å². The first-order valence-electron chi connectivity index (χ1n) is 7.31. The molecule has 0 bridgehead atoms. The molecular formula is C15H25N3O2S. The Balaban J connectivity index is 2.19. The highest BCUT2D eigenvalue weighted by Gasteiger charge is 2.36. The lowest BCUT2D eigenvalue weighted by Gasteiger charge is -2.42. The molecule has 1 aromatic heterocycles. The van der Waals surface area contributed by atoms with Gasteiger partial charge in [0.2, 0.25) is 0 Å². The third-order valence-electron chi connectivity index (χ3n) is 4.31. The first-order chi connectivity index (χ1) is 9.76. The van der Waals surface area contributed by atoms with Crippen LogP contribution in [0, 0.1) is 12.3 Å². The topological polar surface area (TPSA) is 68.5 Å². The number of thiazole rings is 1. The van der Waals surface area contributed by atoms with E-state index in [0.29, 0.717) is 6.54 Å². The molecule has 21 heavy (non-hydrogen) atoms. The normalized spacial score (nSPS) is 23.1. The van der Waals surface area contributed by atoms with Crippen molar-refractivity contribution in [3.8, 4) is 0 Å². The van der Waals surface area contributed by atoms with Crippen LogP contribution in [0.2, 0.25) is 0 Å². The fourth-order valence-corrected chi connectivity index (χ4v) is 3.64. The molecule has 5 nitrogen and oxygen atoms in total. The number of nitrogens with zero attached hydrogens (tertiary/aromatic N) is 2. The molecule has 0 radical (unpaired) electrons. The molecule has 1 amide bonds. The minimum Gasteiger partial charge on any atom is -0.375 e. The Kier molecular flexibility index (Phi) is 4.70. The summed E-state index contributed by atoms with van der Waals surface area (Å²) in [7, 11) is 1.65. The number of aryl methyl sites for hydroxylation is 1. The van der Waals surface area contributed by atoms with Gasteiger partial charge in [0.1, 0.15) is 16.0 Å². The number of carbonyl (C=O) groups is 1. The first-order valence-corrected chi connectivity index (χ1v) is 8.13. The summed E-state index contributed by atoms with van der Waals surface area (Å²) in [6.07, 6.45) is 0.763. The largest absolute Gasteiger partial charge is 0.375 e. The number of likely N-dealkylation sites (tertiary alicyclic amines) is 1. The number of nitrogens with two attached hydrogens (primary N) is 1. The molecule has 118 valence electrons. The van der Waals surface area contributed by atoms with E-state index in [-0.39, 0.29) is 23.5 Å². The number of hydrogen-bond acceptors (Lipinski definition) is 5. The molecule has 0 spiro atoms. The van der Waals surface area contributed by atoms with Crippen molar-refractivity contribution in [2.24, 2.45) is 11.1 Å². The van der Waals surface area contributed by atoms with Gasteiger partial charge < -0.3 is 15.4 Å². The van der Waals surface area contributed by atoms with Crippen LogP contribution in [0.5, 0.6) is 0 Å². The summed E-state index contributed by atoms with van der Waals surface area (Å²) < 4.78 is 5.28. The minimum absolute atomic E-state index is 0.0465. The molecule has 1 fully saturated rings. The van der Waals surface area contributed by atoms with E-state index in [1.807, 2.05) is 18.7 Å². The van der Waals surface area contributed by atoms with Crippen LogP contribution in [0.1, 0.15) is 53.7 Å². The van der Waals surface area contributed by atoms with Crippen LogP contribution in [-0.2, 0) is 4.74 Å². The molecule has 1 saturated heterocycles. The summed E-state index contributed by atoms with van der Waals surface area (Å²) in [6, 6.07) is 0.146. The highest BCUT2D eigenvalue weighted by atomic mass is 32.1. The molecule has 1 aliphatic rings. The van der Waals surface area contributed by atoms with E-state index in [1.165, 1.54) is 11.3 Å². The molecule has 0 saturated carbocycles. The SMILES string of the molecule is COC(C)c1nc(C)c(C(=O)N2CCC(N)C(C)(C)C2)s1.